The van der Waals surface area contributed by atoms with Crippen LogP contribution in [-0.4, -0.2) is 70.8 Å². The highest BCUT2D eigenvalue weighted by atomic mass is 35.5. The summed E-state index contributed by atoms with van der Waals surface area (Å²) in [4.78, 5) is 35.0. The lowest BCUT2D eigenvalue weighted by Gasteiger charge is -2.18. The third-order valence-electron chi connectivity index (χ3n) is 7.85. The maximum atomic E-state index is 13.3. The van der Waals surface area contributed by atoms with Gasteiger partial charge in [-0.15, -0.1) is 0 Å². The number of aliphatic hydroxyl groups is 1. The lowest BCUT2D eigenvalue weighted by molar-refractivity contribution is -0.139. The van der Waals surface area contributed by atoms with E-state index in [1.807, 2.05) is 55.4 Å². The number of hydrogen-bond acceptors (Lipinski definition) is 9. The minimum Gasteiger partial charge on any atom is -0.481 e. The number of hydrogen-bond donors (Lipinski definition) is 4. The summed E-state index contributed by atoms with van der Waals surface area (Å²) >= 11 is 13.5. The number of nitrogens with zero attached hydrogens (tertiary/aromatic N) is 3. The minimum atomic E-state index is -1.08. The number of aliphatic hydroxyl groups excluding tert-OH is 1. The number of carboxylic acids is 1. The zero-order valence-electron chi connectivity index (χ0n) is 26.8. The molecule has 0 fully saturated rings. The van der Waals surface area contributed by atoms with Crippen LogP contribution in [0.1, 0.15) is 51.6 Å². The molecule has 2 aromatic heterocycles. The molecule has 2 atom stereocenters. The molecule has 4 N–H and O–H groups in total. The molecule has 0 radical (unpaired) electrons. The summed E-state index contributed by atoms with van der Waals surface area (Å²) in [5.41, 5.74) is 5.67. The van der Waals surface area contributed by atoms with Crippen LogP contribution in [0.15, 0.2) is 60.8 Å². The van der Waals surface area contributed by atoms with Crippen molar-refractivity contribution in [2.75, 3.05) is 33.1 Å². The second kappa shape index (κ2) is 15.8. The number of anilines is 1. The predicted octanol–water partition coefficient (Wildman–Crippen LogP) is 5.76. The first kappa shape index (κ1) is 35.1. The fourth-order valence-corrected chi connectivity index (χ4v) is 6.24. The van der Waals surface area contributed by atoms with Gasteiger partial charge in [0, 0.05) is 37.0 Å². The van der Waals surface area contributed by atoms with Gasteiger partial charge in [-0.05, 0) is 67.4 Å². The minimum absolute atomic E-state index is 0.0758. The molecule has 0 aliphatic heterocycles. The standard InChI is InChI=1S/C35H37Cl2N5O6/c1-42(2)19-20-10-13-30(39-16-20)40-33(46)27-9-5-8-26(32(27)37)23-6-4-7-25-24(23)11-12-29(25)48-35-28(36)14-21(34(41-35)47-3)17-38-18-22(43)15-31(44)45/h4-10,13-14,16,22,29,38,43H,11-12,15,17-19H2,1-3H3,(H,44,45)(H,39,40,46)/t22-,29-/m0/s1. The zero-order chi connectivity index (χ0) is 34.4. The topological polar surface area (TPSA) is 146 Å². The molecule has 0 saturated carbocycles. The molecular weight excluding hydrogens is 657 g/mol. The van der Waals surface area contributed by atoms with E-state index in [1.165, 1.54) is 7.11 Å². The molecule has 2 aromatic carbocycles. The Morgan fingerprint density at radius 1 is 1.08 bits per heavy atom. The van der Waals surface area contributed by atoms with Gasteiger partial charge in [-0.2, -0.15) is 4.98 Å². The van der Waals surface area contributed by atoms with Crippen molar-refractivity contribution in [1.29, 1.82) is 0 Å². The number of amides is 1. The zero-order valence-corrected chi connectivity index (χ0v) is 28.3. The second-order valence-electron chi connectivity index (χ2n) is 11.8. The van der Waals surface area contributed by atoms with E-state index in [1.54, 1.807) is 24.4 Å². The third kappa shape index (κ3) is 8.41. The molecule has 13 heteroatoms. The van der Waals surface area contributed by atoms with Crippen molar-refractivity contribution in [1.82, 2.24) is 20.2 Å². The molecular formula is C35H37Cl2N5O6. The second-order valence-corrected chi connectivity index (χ2v) is 12.5. The fraction of sp³-hybridized carbons (Fsp3) is 0.314. The Morgan fingerprint density at radius 3 is 2.56 bits per heavy atom. The van der Waals surface area contributed by atoms with Crippen molar-refractivity contribution in [2.24, 2.45) is 0 Å². The number of carboxylic acid groups (broad SMARTS) is 1. The average Bonchev–Trinajstić information content (AvgIpc) is 3.45. The van der Waals surface area contributed by atoms with Gasteiger partial charge in [0.25, 0.3) is 5.91 Å². The molecule has 48 heavy (non-hydrogen) atoms. The highest BCUT2D eigenvalue weighted by Gasteiger charge is 2.29. The van der Waals surface area contributed by atoms with E-state index in [0.717, 1.165) is 34.4 Å². The summed E-state index contributed by atoms with van der Waals surface area (Å²) in [5.74, 6) is -0.487. The quantitative estimate of drug-likeness (QED) is 0.128. The number of pyridine rings is 2. The van der Waals surface area contributed by atoms with Crippen molar-refractivity contribution < 1.29 is 29.3 Å². The number of aliphatic carboxylic acids is 1. The number of nitrogens with one attached hydrogen (secondary N) is 2. The molecule has 2 heterocycles. The Hall–Kier alpha value is -4.26. The van der Waals surface area contributed by atoms with Gasteiger partial charge in [-0.3, -0.25) is 9.59 Å². The Labute approximate surface area is 288 Å². The van der Waals surface area contributed by atoms with Crippen LogP contribution in [0.2, 0.25) is 10.0 Å². The first-order valence-electron chi connectivity index (χ1n) is 15.4. The number of carbonyl (C=O) groups excluding carboxylic acids is 1. The Bertz CT molecular complexity index is 1790. The van der Waals surface area contributed by atoms with Crippen LogP contribution in [0.5, 0.6) is 11.8 Å². The summed E-state index contributed by atoms with van der Waals surface area (Å²) in [7, 11) is 5.44. The van der Waals surface area contributed by atoms with Crippen LogP contribution in [-0.2, 0) is 24.3 Å². The summed E-state index contributed by atoms with van der Waals surface area (Å²) in [6, 6.07) is 16.7. The van der Waals surface area contributed by atoms with Crippen molar-refractivity contribution in [2.45, 2.75) is 44.6 Å². The van der Waals surface area contributed by atoms with Crippen LogP contribution in [0.4, 0.5) is 5.82 Å². The number of fused-ring (bicyclic) bond motifs is 1. The van der Waals surface area contributed by atoms with Crippen molar-refractivity contribution >= 4 is 40.9 Å². The summed E-state index contributed by atoms with van der Waals surface area (Å²) in [6.07, 6.45) is 1.39. The van der Waals surface area contributed by atoms with E-state index in [2.05, 4.69) is 20.6 Å². The third-order valence-corrected chi connectivity index (χ3v) is 8.53. The Balaban J connectivity index is 1.32. The molecule has 11 nitrogen and oxygen atoms in total. The van der Waals surface area contributed by atoms with Gasteiger partial charge < -0.3 is 35.2 Å². The van der Waals surface area contributed by atoms with Crippen LogP contribution >= 0.6 is 23.2 Å². The van der Waals surface area contributed by atoms with Crippen molar-refractivity contribution in [3.8, 4) is 22.9 Å². The number of benzene rings is 2. The summed E-state index contributed by atoms with van der Waals surface area (Å²) < 4.78 is 11.8. The molecule has 1 amide bonds. The molecule has 4 aromatic rings. The number of aromatic nitrogens is 2. The number of carbonyl (C=O) groups is 2. The van der Waals surface area contributed by atoms with Gasteiger partial charge in [-0.25, -0.2) is 4.98 Å². The molecule has 5 rings (SSSR count). The van der Waals surface area contributed by atoms with Crippen LogP contribution in [0.25, 0.3) is 11.1 Å². The molecule has 252 valence electrons. The van der Waals surface area contributed by atoms with Crippen molar-refractivity contribution in [3.63, 3.8) is 0 Å². The van der Waals surface area contributed by atoms with Crippen LogP contribution < -0.4 is 20.1 Å². The number of rotatable bonds is 14. The van der Waals surface area contributed by atoms with Gasteiger partial charge in [0.2, 0.25) is 11.8 Å². The van der Waals surface area contributed by atoms with E-state index in [9.17, 15) is 14.7 Å². The van der Waals surface area contributed by atoms with Gasteiger partial charge >= 0.3 is 5.97 Å². The lowest BCUT2D eigenvalue weighted by Crippen LogP contribution is -2.28. The van der Waals surface area contributed by atoms with Gasteiger partial charge in [0.15, 0.2) is 0 Å². The monoisotopic (exact) mass is 693 g/mol. The highest BCUT2D eigenvalue weighted by Crippen LogP contribution is 2.43. The number of ether oxygens (including phenoxy) is 2. The van der Waals surface area contributed by atoms with E-state index < -0.39 is 12.1 Å². The van der Waals surface area contributed by atoms with E-state index >= 15 is 0 Å². The van der Waals surface area contributed by atoms with Crippen LogP contribution in [0, 0.1) is 0 Å². The molecule has 0 saturated heterocycles. The largest absolute Gasteiger partial charge is 0.481 e. The SMILES string of the molecule is COc1nc(O[C@H]2CCc3c(-c4cccc(C(=O)Nc5ccc(CN(C)C)cn5)c4Cl)cccc32)c(Cl)cc1CNC[C@@H](O)CC(=O)O. The van der Waals surface area contributed by atoms with E-state index in [-0.39, 0.29) is 42.4 Å². The molecule has 1 aliphatic carbocycles. The van der Waals surface area contributed by atoms with Gasteiger partial charge in [0.05, 0.1) is 30.2 Å². The van der Waals surface area contributed by atoms with Gasteiger partial charge in [-0.1, -0.05) is 59.6 Å². The molecule has 0 spiro atoms. The average molecular weight is 695 g/mol. The maximum Gasteiger partial charge on any atom is 0.306 e. The van der Waals surface area contributed by atoms with Crippen LogP contribution in [0.3, 0.4) is 0 Å². The van der Waals surface area contributed by atoms with Gasteiger partial charge in [0.1, 0.15) is 16.9 Å². The van der Waals surface area contributed by atoms with Crippen molar-refractivity contribution in [3.05, 3.63) is 98.7 Å². The fourth-order valence-electron chi connectivity index (χ4n) is 5.71. The first-order valence-corrected chi connectivity index (χ1v) is 16.1. The first-order chi connectivity index (χ1) is 23.0. The van der Waals surface area contributed by atoms with E-state index in [4.69, 9.17) is 37.8 Å². The smallest absolute Gasteiger partial charge is 0.306 e. The maximum absolute atomic E-state index is 13.3. The normalized spacial score (nSPS) is 14.4. The summed E-state index contributed by atoms with van der Waals surface area (Å²) in [5, 5.41) is 25.1. The summed E-state index contributed by atoms with van der Waals surface area (Å²) in [6.45, 7) is 1.07. The Kier molecular flexibility index (Phi) is 11.5. The molecule has 0 bridgehead atoms. The predicted molar refractivity (Wildman–Crippen MR) is 184 cm³/mol. The highest BCUT2D eigenvalue weighted by molar-refractivity contribution is 6.37. The number of methoxy groups -OCH3 is 1. The number of halogens is 2. The lowest BCUT2D eigenvalue weighted by atomic mass is 9.95. The Morgan fingerprint density at radius 2 is 1.85 bits per heavy atom. The molecule has 0 unspecified atom stereocenters. The van der Waals surface area contributed by atoms with E-state index in [0.29, 0.717) is 40.7 Å². The molecule has 1 aliphatic rings.